The molecule has 3 heterocycles. The highest BCUT2D eigenvalue weighted by molar-refractivity contribution is 8.18. The molecule has 138 valence electrons. The van der Waals surface area contributed by atoms with Crippen molar-refractivity contribution in [3.63, 3.8) is 0 Å². The van der Waals surface area contributed by atoms with Crippen molar-refractivity contribution in [2.45, 2.75) is 0 Å². The molecule has 2 aliphatic heterocycles. The highest BCUT2D eigenvalue weighted by Gasteiger charge is 2.27. The zero-order valence-corrected chi connectivity index (χ0v) is 15.1. The number of carbonyl (C=O) groups is 2. The number of benzene rings is 1. The summed E-state index contributed by atoms with van der Waals surface area (Å²) < 4.78 is 11.1. The van der Waals surface area contributed by atoms with Gasteiger partial charge in [-0.2, -0.15) is 4.99 Å². The molecule has 0 bridgehead atoms. The minimum absolute atomic E-state index is 0.216. The maximum atomic E-state index is 12.2. The number of hydrogen-bond donors (Lipinski definition) is 1. The van der Waals surface area contributed by atoms with E-state index in [9.17, 15) is 9.59 Å². The molecule has 1 N–H and O–H groups in total. The maximum Gasteiger partial charge on any atom is 0.335 e. The number of aromatic carboxylic acids is 1. The van der Waals surface area contributed by atoms with Crippen molar-refractivity contribution in [2.24, 2.45) is 4.99 Å². The average Bonchev–Trinajstić information content (AvgIpc) is 3.30. The van der Waals surface area contributed by atoms with Crippen LogP contribution in [0.4, 0.5) is 0 Å². The van der Waals surface area contributed by atoms with Gasteiger partial charge in [0.2, 0.25) is 0 Å². The van der Waals surface area contributed by atoms with Crippen LogP contribution in [-0.4, -0.2) is 53.4 Å². The van der Waals surface area contributed by atoms with Crippen LogP contribution < -0.4 is 0 Å². The summed E-state index contributed by atoms with van der Waals surface area (Å²) in [6, 6.07) is 9.99. The number of thioether (sulfide) groups is 1. The van der Waals surface area contributed by atoms with Crippen molar-refractivity contribution in [2.75, 3.05) is 26.3 Å². The van der Waals surface area contributed by atoms with Crippen LogP contribution >= 0.6 is 11.8 Å². The molecule has 0 saturated carbocycles. The van der Waals surface area contributed by atoms with Gasteiger partial charge in [-0.3, -0.25) is 4.79 Å². The first kappa shape index (κ1) is 17.6. The van der Waals surface area contributed by atoms with Crippen LogP contribution in [0.2, 0.25) is 0 Å². The van der Waals surface area contributed by atoms with Gasteiger partial charge in [0, 0.05) is 24.7 Å². The van der Waals surface area contributed by atoms with Gasteiger partial charge in [-0.05, 0) is 36.0 Å². The van der Waals surface area contributed by atoms with Crippen LogP contribution in [-0.2, 0) is 9.53 Å². The van der Waals surface area contributed by atoms with Crippen LogP contribution in [0, 0.1) is 0 Å². The fourth-order valence-electron chi connectivity index (χ4n) is 2.78. The number of morpholine rings is 1. The third-order valence-corrected chi connectivity index (χ3v) is 5.25. The first-order valence-corrected chi connectivity index (χ1v) is 9.20. The highest BCUT2D eigenvalue weighted by atomic mass is 32.2. The summed E-state index contributed by atoms with van der Waals surface area (Å²) in [5.41, 5.74) is 0.980. The van der Waals surface area contributed by atoms with Gasteiger partial charge in [-0.1, -0.05) is 12.1 Å². The number of carboxylic acid groups (broad SMARTS) is 1. The number of carboxylic acids is 1. The molecule has 2 aliphatic rings. The summed E-state index contributed by atoms with van der Waals surface area (Å²) >= 11 is 1.34. The first-order valence-electron chi connectivity index (χ1n) is 8.39. The van der Waals surface area contributed by atoms with E-state index in [-0.39, 0.29) is 11.5 Å². The molecule has 1 saturated heterocycles. The van der Waals surface area contributed by atoms with Gasteiger partial charge in [0.1, 0.15) is 11.5 Å². The summed E-state index contributed by atoms with van der Waals surface area (Å²) in [5.74, 6) is -0.102. The van der Waals surface area contributed by atoms with Crippen LogP contribution in [0.5, 0.6) is 0 Å². The Morgan fingerprint density at radius 1 is 1.15 bits per heavy atom. The minimum Gasteiger partial charge on any atom is -0.478 e. The molecule has 4 rings (SSSR count). The second kappa shape index (κ2) is 7.42. The predicted octanol–water partition coefficient (Wildman–Crippen LogP) is 2.95. The van der Waals surface area contributed by atoms with Gasteiger partial charge in [0.25, 0.3) is 5.91 Å². The van der Waals surface area contributed by atoms with E-state index < -0.39 is 5.97 Å². The number of amides is 1. The molecule has 1 fully saturated rings. The van der Waals surface area contributed by atoms with Crippen molar-refractivity contribution in [3.05, 3.63) is 52.6 Å². The Balaban J connectivity index is 1.49. The molecule has 1 aromatic heterocycles. The van der Waals surface area contributed by atoms with Crippen LogP contribution in [0.3, 0.4) is 0 Å². The van der Waals surface area contributed by atoms with Crippen LogP contribution in [0.15, 0.2) is 50.7 Å². The number of rotatable bonds is 3. The number of amidine groups is 1. The molecule has 0 aliphatic carbocycles. The zero-order valence-electron chi connectivity index (χ0n) is 14.3. The molecule has 8 heteroatoms. The van der Waals surface area contributed by atoms with E-state index in [0.717, 1.165) is 18.7 Å². The lowest BCUT2D eigenvalue weighted by atomic mass is 10.1. The van der Waals surface area contributed by atoms with E-state index in [1.54, 1.807) is 30.3 Å². The topological polar surface area (TPSA) is 92.3 Å². The van der Waals surface area contributed by atoms with Gasteiger partial charge in [-0.15, -0.1) is 0 Å². The van der Waals surface area contributed by atoms with Crippen molar-refractivity contribution in [1.82, 2.24) is 4.90 Å². The Morgan fingerprint density at radius 2 is 1.89 bits per heavy atom. The maximum absolute atomic E-state index is 12.2. The number of furan rings is 1. The fraction of sp³-hybridized carbons (Fsp3) is 0.211. The lowest BCUT2D eigenvalue weighted by Crippen LogP contribution is -2.38. The molecule has 2 aromatic rings. The van der Waals surface area contributed by atoms with E-state index >= 15 is 0 Å². The number of carbonyl (C=O) groups excluding carboxylic acids is 1. The van der Waals surface area contributed by atoms with E-state index in [0.29, 0.717) is 34.8 Å². The second-order valence-electron chi connectivity index (χ2n) is 5.99. The number of hydrogen-bond acceptors (Lipinski definition) is 6. The smallest absolute Gasteiger partial charge is 0.335 e. The molecule has 0 atom stereocenters. The molecular formula is C19H16N2O5S. The van der Waals surface area contributed by atoms with Gasteiger partial charge < -0.3 is 19.2 Å². The van der Waals surface area contributed by atoms with E-state index in [4.69, 9.17) is 14.3 Å². The molecule has 27 heavy (non-hydrogen) atoms. The summed E-state index contributed by atoms with van der Waals surface area (Å²) in [6.45, 7) is 2.72. The third-order valence-electron chi connectivity index (χ3n) is 4.21. The number of ether oxygens (including phenoxy) is 1. The third kappa shape index (κ3) is 3.81. The Hall–Kier alpha value is -2.84. The SMILES string of the molecule is O=C1N=C(N2CCOCC2)SC1=Cc1ccc(-c2ccc(C(=O)O)cc2)o1. The molecule has 1 amide bonds. The molecule has 0 unspecified atom stereocenters. The van der Waals surface area contributed by atoms with Gasteiger partial charge in [0.15, 0.2) is 5.17 Å². The average molecular weight is 384 g/mol. The van der Waals surface area contributed by atoms with E-state index in [2.05, 4.69) is 4.99 Å². The monoisotopic (exact) mass is 384 g/mol. The Kier molecular flexibility index (Phi) is 4.83. The second-order valence-corrected chi connectivity index (χ2v) is 7.00. The van der Waals surface area contributed by atoms with Crippen molar-refractivity contribution < 1.29 is 23.8 Å². The summed E-state index contributed by atoms with van der Waals surface area (Å²) in [6.07, 6.45) is 1.68. The van der Waals surface area contributed by atoms with Gasteiger partial charge in [0.05, 0.1) is 23.7 Å². The minimum atomic E-state index is -0.973. The predicted molar refractivity (Wildman–Crippen MR) is 102 cm³/mol. The van der Waals surface area contributed by atoms with Crippen molar-refractivity contribution >= 4 is 34.9 Å². The van der Waals surface area contributed by atoms with E-state index in [1.807, 2.05) is 4.90 Å². The van der Waals surface area contributed by atoms with E-state index in [1.165, 1.54) is 23.9 Å². The van der Waals surface area contributed by atoms with Gasteiger partial charge in [-0.25, -0.2) is 4.79 Å². The summed E-state index contributed by atoms with van der Waals surface area (Å²) in [4.78, 5) is 29.8. The molecular weight excluding hydrogens is 368 g/mol. The number of aliphatic imine (C=N–C) groups is 1. The fourth-order valence-corrected chi connectivity index (χ4v) is 3.72. The largest absolute Gasteiger partial charge is 0.478 e. The molecule has 7 nitrogen and oxygen atoms in total. The lowest BCUT2D eigenvalue weighted by molar-refractivity contribution is -0.113. The summed E-state index contributed by atoms with van der Waals surface area (Å²) in [7, 11) is 0. The van der Waals surface area contributed by atoms with Crippen molar-refractivity contribution in [1.29, 1.82) is 0 Å². The molecule has 0 spiro atoms. The van der Waals surface area contributed by atoms with Crippen LogP contribution in [0.25, 0.3) is 17.4 Å². The zero-order chi connectivity index (χ0) is 18.8. The Bertz CT molecular complexity index is 939. The highest BCUT2D eigenvalue weighted by Crippen LogP contribution is 2.32. The number of nitrogens with zero attached hydrogens (tertiary/aromatic N) is 2. The normalized spacial score (nSPS) is 18.8. The summed E-state index contributed by atoms with van der Waals surface area (Å²) in [5, 5.41) is 9.66. The quantitative estimate of drug-likeness (QED) is 0.813. The lowest BCUT2D eigenvalue weighted by Gasteiger charge is -2.27. The van der Waals surface area contributed by atoms with Crippen molar-refractivity contribution in [3.8, 4) is 11.3 Å². The Morgan fingerprint density at radius 3 is 2.59 bits per heavy atom. The molecule has 1 aromatic carbocycles. The molecule has 0 radical (unpaired) electrons. The standard InChI is InChI=1S/C19H16N2O5S/c22-17-16(27-19(20-17)21-7-9-25-10-8-21)11-14-5-6-15(26-14)12-1-3-13(4-2-12)18(23)24/h1-6,11H,7-10H2,(H,23,24). The first-order chi connectivity index (χ1) is 13.1. The van der Waals surface area contributed by atoms with Crippen LogP contribution in [0.1, 0.15) is 16.1 Å². The van der Waals surface area contributed by atoms with Gasteiger partial charge >= 0.3 is 5.97 Å². The Labute approximate surface area is 159 Å².